The maximum atomic E-state index is 12.7. The van der Waals surface area contributed by atoms with Crippen molar-refractivity contribution in [3.05, 3.63) is 60.5 Å². The van der Waals surface area contributed by atoms with Crippen LogP contribution >= 0.6 is 0 Å². The molecule has 3 aromatic rings. The molecule has 1 atom stereocenters. The van der Waals surface area contributed by atoms with E-state index in [4.69, 9.17) is 9.26 Å². The molecule has 174 valence electrons. The summed E-state index contributed by atoms with van der Waals surface area (Å²) in [5.41, 5.74) is 2.02. The number of hydrogen-bond acceptors (Lipinski definition) is 7. The fraction of sp³-hybridized carbons (Fsp3) is 0.400. The molecule has 2 heterocycles. The second-order valence-corrected chi connectivity index (χ2v) is 8.36. The van der Waals surface area contributed by atoms with E-state index in [2.05, 4.69) is 37.4 Å². The van der Waals surface area contributed by atoms with Gasteiger partial charge >= 0.3 is 0 Å². The highest BCUT2D eigenvalue weighted by Gasteiger charge is 2.26. The summed E-state index contributed by atoms with van der Waals surface area (Å²) in [5.74, 6) is 2.00. The number of piperidine rings is 1. The molecule has 1 fully saturated rings. The van der Waals surface area contributed by atoms with E-state index in [1.807, 2.05) is 49.5 Å². The first-order valence-electron chi connectivity index (χ1n) is 11.4. The number of para-hydroxylation sites is 1. The van der Waals surface area contributed by atoms with E-state index in [1.165, 1.54) is 0 Å². The first-order valence-corrected chi connectivity index (χ1v) is 11.4. The Morgan fingerprint density at radius 3 is 2.76 bits per heavy atom. The quantitative estimate of drug-likeness (QED) is 0.537. The number of rotatable bonds is 9. The van der Waals surface area contributed by atoms with Crippen LogP contribution in [0.3, 0.4) is 0 Å². The molecule has 33 heavy (non-hydrogen) atoms. The zero-order valence-corrected chi connectivity index (χ0v) is 19.2. The molecule has 2 aromatic carbocycles. The third-order valence-electron chi connectivity index (χ3n) is 5.99. The van der Waals surface area contributed by atoms with E-state index in [1.54, 1.807) is 7.11 Å². The normalized spacial score (nSPS) is 16.4. The van der Waals surface area contributed by atoms with Crippen molar-refractivity contribution >= 4 is 11.6 Å². The topological polar surface area (TPSA) is 83.7 Å². The number of methoxy groups -OCH3 is 1. The van der Waals surface area contributed by atoms with E-state index in [9.17, 15) is 4.79 Å². The second-order valence-electron chi connectivity index (χ2n) is 8.36. The highest BCUT2D eigenvalue weighted by molar-refractivity contribution is 5.79. The number of carbonyl (C=O) groups excluding carboxylic acids is 1. The third-order valence-corrected chi connectivity index (χ3v) is 5.99. The van der Waals surface area contributed by atoms with E-state index in [0.717, 1.165) is 42.9 Å². The van der Waals surface area contributed by atoms with Crippen LogP contribution in [0.4, 0.5) is 5.69 Å². The first-order chi connectivity index (χ1) is 16.1. The van der Waals surface area contributed by atoms with Gasteiger partial charge in [0.25, 0.3) is 0 Å². The summed E-state index contributed by atoms with van der Waals surface area (Å²) in [6.07, 6.45) is 1.87. The average Bonchev–Trinajstić information content (AvgIpc) is 3.33. The number of benzene rings is 2. The molecule has 1 unspecified atom stereocenters. The van der Waals surface area contributed by atoms with Gasteiger partial charge in [-0.3, -0.25) is 9.69 Å². The van der Waals surface area contributed by atoms with Crippen molar-refractivity contribution in [3.8, 4) is 17.1 Å². The number of anilines is 1. The zero-order valence-electron chi connectivity index (χ0n) is 19.2. The maximum absolute atomic E-state index is 12.7. The number of nitrogens with zero attached hydrogens (tertiary/aromatic N) is 4. The number of likely N-dealkylation sites (N-methyl/N-ethyl adjacent to an activating group) is 1. The molecule has 8 heteroatoms. The molecule has 0 aliphatic carbocycles. The van der Waals surface area contributed by atoms with Crippen LogP contribution in [0.1, 0.15) is 18.7 Å². The van der Waals surface area contributed by atoms with E-state index in [0.29, 0.717) is 31.3 Å². The fourth-order valence-corrected chi connectivity index (χ4v) is 4.08. The van der Waals surface area contributed by atoms with Crippen LogP contribution in [0, 0.1) is 5.92 Å². The van der Waals surface area contributed by atoms with Crippen molar-refractivity contribution in [2.75, 3.05) is 45.2 Å². The summed E-state index contributed by atoms with van der Waals surface area (Å²) < 4.78 is 10.7. The molecule has 1 N–H and O–H groups in total. The van der Waals surface area contributed by atoms with Crippen molar-refractivity contribution in [2.45, 2.75) is 19.4 Å². The van der Waals surface area contributed by atoms with Gasteiger partial charge in [0.05, 0.1) is 19.6 Å². The molecule has 1 aliphatic heterocycles. The van der Waals surface area contributed by atoms with E-state index < -0.39 is 0 Å². The zero-order chi connectivity index (χ0) is 23.0. The minimum absolute atomic E-state index is 0.0234. The molecule has 8 nitrogen and oxygen atoms in total. The van der Waals surface area contributed by atoms with Crippen molar-refractivity contribution in [1.82, 2.24) is 20.4 Å². The van der Waals surface area contributed by atoms with Gasteiger partial charge < -0.3 is 19.5 Å². The Bertz CT molecular complexity index is 1020. The molecule has 1 saturated heterocycles. The number of hydrogen-bond donors (Lipinski definition) is 1. The smallest absolute Gasteiger partial charge is 0.241 e. The van der Waals surface area contributed by atoms with Crippen LogP contribution in [-0.2, 0) is 11.3 Å². The monoisotopic (exact) mass is 449 g/mol. The Kier molecular flexibility index (Phi) is 7.57. The lowest BCUT2D eigenvalue weighted by atomic mass is 9.97. The van der Waals surface area contributed by atoms with Gasteiger partial charge in [-0.1, -0.05) is 23.4 Å². The summed E-state index contributed by atoms with van der Waals surface area (Å²) in [6.45, 7) is 3.54. The molecule has 0 bridgehead atoms. The fourth-order valence-electron chi connectivity index (χ4n) is 4.08. The van der Waals surface area contributed by atoms with Crippen LogP contribution in [0.2, 0.25) is 0 Å². The summed E-state index contributed by atoms with van der Waals surface area (Å²) in [7, 11) is 3.67. The SMILES string of the molecule is COc1ccc(-c2noc(CN3CCCC(C(=O)NCCN(C)c4ccccc4)C3)n2)cc1. The van der Waals surface area contributed by atoms with Crippen molar-refractivity contribution < 1.29 is 14.1 Å². The molecule has 0 radical (unpaired) electrons. The van der Waals surface area contributed by atoms with Crippen LogP contribution in [0.15, 0.2) is 59.1 Å². The molecule has 0 spiro atoms. The van der Waals surface area contributed by atoms with Crippen molar-refractivity contribution in [3.63, 3.8) is 0 Å². The van der Waals surface area contributed by atoms with E-state index >= 15 is 0 Å². The molecule has 0 saturated carbocycles. The Labute approximate surface area is 194 Å². The number of likely N-dealkylation sites (tertiary alicyclic amines) is 1. The maximum Gasteiger partial charge on any atom is 0.241 e. The highest BCUT2D eigenvalue weighted by Crippen LogP contribution is 2.22. The Morgan fingerprint density at radius 2 is 2.00 bits per heavy atom. The average molecular weight is 450 g/mol. The van der Waals surface area contributed by atoms with E-state index in [-0.39, 0.29) is 11.8 Å². The lowest BCUT2D eigenvalue weighted by Gasteiger charge is -2.31. The summed E-state index contributed by atoms with van der Waals surface area (Å²) in [4.78, 5) is 21.6. The van der Waals surface area contributed by atoms with Gasteiger partial charge in [0.15, 0.2) is 0 Å². The van der Waals surface area contributed by atoms with Crippen molar-refractivity contribution in [2.24, 2.45) is 5.92 Å². The molecular formula is C25H31N5O3. The number of ether oxygens (including phenoxy) is 1. The summed E-state index contributed by atoms with van der Waals surface area (Å²) in [6, 6.07) is 17.7. The van der Waals surface area contributed by atoms with Crippen molar-refractivity contribution in [1.29, 1.82) is 0 Å². The molecular weight excluding hydrogens is 418 g/mol. The van der Waals surface area contributed by atoms with Crippen LogP contribution < -0.4 is 15.0 Å². The van der Waals surface area contributed by atoms with Gasteiger partial charge in [-0.2, -0.15) is 4.98 Å². The minimum atomic E-state index is -0.0234. The summed E-state index contributed by atoms with van der Waals surface area (Å²) in [5, 5.41) is 7.21. The van der Waals surface area contributed by atoms with Gasteiger partial charge in [-0.15, -0.1) is 0 Å². The molecule has 1 aromatic heterocycles. The summed E-state index contributed by atoms with van der Waals surface area (Å²) >= 11 is 0. The number of aromatic nitrogens is 2. The van der Waals surface area contributed by atoms with Gasteiger partial charge in [0, 0.05) is 37.9 Å². The largest absolute Gasteiger partial charge is 0.497 e. The Hall–Kier alpha value is -3.39. The Morgan fingerprint density at radius 1 is 1.21 bits per heavy atom. The van der Waals surface area contributed by atoms with Crippen LogP contribution in [0.5, 0.6) is 5.75 Å². The lowest BCUT2D eigenvalue weighted by molar-refractivity contribution is -0.126. The number of nitrogens with one attached hydrogen (secondary N) is 1. The third kappa shape index (κ3) is 6.10. The molecule has 1 amide bonds. The predicted octanol–water partition coefficient (Wildman–Crippen LogP) is 3.21. The Balaban J connectivity index is 1.25. The standard InChI is InChI=1S/C25H31N5O3/c1-29(21-8-4-3-5-9-21)16-14-26-25(31)20-7-6-15-30(17-20)18-23-27-24(28-33-23)19-10-12-22(32-2)13-11-19/h3-5,8-13,20H,6-7,14-18H2,1-2H3,(H,26,31). The number of carbonyl (C=O) groups is 1. The van der Waals surface area contributed by atoms with Crippen LogP contribution in [0.25, 0.3) is 11.4 Å². The minimum Gasteiger partial charge on any atom is -0.497 e. The first kappa shape index (κ1) is 22.8. The number of amides is 1. The van der Waals surface area contributed by atoms with Gasteiger partial charge in [0.2, 0.25) is 17.6 Å². The lowest BCUT2D eigenvalue weighted by Crippen LogP contribution is -2.44. The predicted molar refractivity (Wildman–Crippen MR) is 127 cm³/mol. The van der Waals surface area contributed by atoms with Gasteiger partial charge in [0.1, 0.15) is 5.75 Å². The molecule has 4 rings (SSSR count). The second kappa shape index (κ2) is 11.0. The highest BCUT2D eigenvalue weighted by atomic mass is 16.5. The van der Waals surface area contributed by atoms with Crippen LogP contribution in [-0.4, -0.2) is 61.3 Å². The van der Waals surface area contributed by atoms with Gasteiger partial charge in [-0.25, -0.2) is 0 Å². The molecule has 1 aliphatic rings. The van der Waals surface area contributed by atoms with Gasteiger partial charge in [-0.05, 0) is 55.8 Å².